The quantitative estimate of drug-likeness (QED) is 0.396. The number of halogens is 1. The molecule has 0 saturated carbocycles. The first kappa shape index (κ1) is 17.2. The molecule has 0 spiro atoms. The van der Waals surface area contributed by atoms with Crippen molar-refractivity contribution in [2.24, 2.45) is 0 Å². The lowest BCUT2D eigenvalue weighted by Crippen LogP contribution is -2.05. The van der Waals surface area contributed by atoms with Crippen molar-refractivity contribution in [1.82, 2.24) is 4.98 Å². The van der Waals surface area contributed by atoms with E-state index in [1.807, 2.05) is 12.1 Å². The van der Waals surface area contributed by atoms with Crippen LogP contribution in [0.1, 0.15) is 19.3 Å². The fraction of sp³-hybridized carbons (Fsp3) is 0.312. The smallest absolute Gasteiger partial charge is 0.310 e. The number of hydrogen-bond acceptors (Lipinski definition) is 5. The molecule has 0 radical (unpaired) electrons. The van der Waals surface area contributed by atoms with Crippen molar-refractivity contribution in [2.45, 2.75) is 19.3 Å². The van der Waals surface area contributed by atoms with Crippen molar-refractivity contribution in [3.05, 3.63) is 57.2 Å². The Morgan fingerprint density at radius 1 is 1.22 bits per heavy atom. The first-order valence-electron chi connectivity index (χ1n) is 7.38. The van der Waals surface area contributed by atoms with Gasteiger partial charge in [-0.3, -0.25) is 10.1 Å². The van der Waals surface area contributed by atoms with E-state index in [1.54, 1.807) is 24.4 Å². The molecular formula is C16H18BrN3O3. The number of nitrogens with one attached hydrogen (secondary N) is 1. The van der Waals surface area contributed by atoms with Crippen LogP contribution >= 0.6 is 15.9 Å². The van der Waals surface area contributed by atoms with Crippen LogP contribution in [0.2, 0.25) is 0 Å². The zero-order valence-electron chi connectivity index (χ0n) is 12.6. The van der Waals surface area contributed by atoms with Gasteiger partial charge in [-0.25, -0.2) is 4.98 Å². The zero-order chi connectivity index (χ0) is 16.5. The summed E-state index contributed by atoms with van der Waals surface area (Å²) in [5, 5.41) is 14.1. The molecule has 0 aliphatic heterocycles. The molecule has 0 aliphatic rings. The van der Waals surface area contributed by atoms with E-state index in [4.69, 9.17) is 4.74 Å². The third-order valence-corrected chi connectivity index (χ3v) is 3.66. The highest BCUT2D eigenvalue weighted by Crippen LogP contribution is 2.25. The number of nitro benzene ring substituents is 1. The van der Waals surface area contributed by atoms with E-state index in [-0.39, 0.29) is 5.69 Å². The summed E-state index contributed by atoms with van der Waals surface area (Å²) in [4.78, 5) is 14.6. The molecule has 0 amide bonds. The number of para-hydroxylation sites is 2. The zero-order valence-corrected chi connectivity index (χ0v) is 14.2. The van der Waals surface area contributed by atoms with Gasteiger partial charge in [0.25, 0.3) is 0 Å². The van der Waals surface area contributed by atoms with Crippen LogP contribution in [0, 0.1) is 10.1 Å². The lowest BCUT2D eigenvalue weighted by Gasteiger charge is -2.07. The van der Waals surface area contributed by atoms with E-state index in [0.717, 1.165) is 36.1 Å². The normalized spacial score (nSPS) is 10.3. The summed E-state index contributed by atoms with van der Waals surface area (Å²) in [6.45, 7) is 1.30. The highest BCUT2D eigenvalue weighted by atomic mass is 79.9. The number of unbranched alkanes of at least 4 members (excludes halogenated alkanes) is 2. The van der Waals surface area contributed by atoms with Crippen molar-refractivity contribution >= 4 is 27.4 Å². The summed E-state index contributed by atoms with van der Waals surface area (Å²) in [5.41, 5.74) is 0.00916. The van der Waals surface area contributed by atoms with Crippen molar-refractivity contribution in [2.75, 3.05) is 18.5 Å². The Bertz CT molecular complexity index is 652. The van der Waals surface area contributed by atoms with E-state index >= 15 is 0 Å². The molecule has 1 aromatic heterocycles. The molecule has 1 N–H and O–H groups in total. The van der Waals surface area contributed by atoms with Gasteiger partial charge in [0.2, 0.25) is 0 Å². The molecule has 7 heteroatoms. The van der Waals surface area contributed by atoms with Crippen LogP contribution in [0.15, 0.2) is 47.1 Å². The average molecular weight is 380 g/mol. The number of anilines is 1. The summed E-state index contributed by atoms with van der Waals surface area (Å²) in [6.07, 6.45) is 4.54. The largest absolute Gasteiger partial charge is 0.487 e. The molecule has 122 valence electrons. The number of rotatable bonds is 9. The summed E-state index contributed by atoms with van der Waals surface area (Å²) in [5.74, 6) is 1.17. The molecule has 1 heterocycles. The number of ether oxygens (including phenoxy) is 1. The molecule has 1 aromatic carbocycles. The fourth-order valence-electron chi connectivity index (χ4n) is 2.03. The maximum Gasteiger partial charge on any atom is 0.310 e. The number of pyridine rings is 1. The predicted molar refractivity (Wildman–Crippen MR) is 92.9 cm³/mol. The second-order valence-corrected chi connectivity index (χ2v) is 5.84. The summed E-state index contributed by atoms with van der Waals surface area (Å²) in [6, 6.07) is 10.2. The van der Waals surface area contributed by atoms with E-state index < -0.39 is 4.92 Å². The first-order valence-corrected chi connectivity index (χ1v) is 8.18. The highest BCUT2D eigenvalue weighted by molar-refractivity contribution is 9.10. The number of aromatic nitrogens is 1. The van der Waals surface area contributed by atoms with Gasteiger partial charge in [0.05, 0.1) is 11.5 Å². The Hall–Kier alpha value is -2.15. The molecule has 23 heavy (non-hydrogen) atoms. The van der Waals surface area contributed by atoms with Gasteiger partial charge in [-0.1, -0.05) is 28.1 Å². The number of nitrogens with zero attached hydrogens (tertiary/aromatic N) is 2. The maximum atomic E-state index is 10.9. The van der Waals surface area contributed by atoms with Gasteiger partial charge in [0.15, 0.2) is 5.75 Å². The lowest BCUT2D eigenvalue weighted by atomic mass is 10.2. The van der Waals surface area contributed by atoms with Crippen LogP contribution in [0.5, 0.6) is 5.75 Å². The molecule has 2 aromatic rings. The molecule has 0 saturated heterocycles. The number of benzene rings is 1. The van der Waals surface area contributed by atoms with Crippen LogP contribution < -0.4 is 10.1 Å². The average Bonchev–Trinajstić information content (AvgIpc) is 2.54. The SMILES string of the molecule is O=[N+]([O-])c1ccccc1OCCCCCNc1cc(Br)ccn1. The molecule has 0 unspecified atom stereocenters. The van der Waals surface area contributed by atoms with Gasteiger partial charge in [-0.2, -0.15) is 0 Å². The van der Waals surface area contributed by atoms with Crippen molar-refractivity contribution < 1.29 is 9.66 Å². The Kier molecular flexibility index (Phi) is 6.80. The van der Waals surface area contributed by atoms with Crippen LogP contribution in [0.3, 0.4) is 0 Å². The van der Waals surface area contributed by atoms with E-state index in [2.05, 4.69) is 26.2 Å². The molecule has 0 atom stereocenters. The number of hydrogen-bond donors (Lipinski definition) is 1. The second-order valence-electron chi connectivity index (χ2n) is 4.92. The third-order valence-electron chi connectivity index (χ3n) is 3.17. The van der Waals surface area contributed by atoms with Gasteiger partial charge in [-0.15, -0.1) is 0 Å². The standard InChI is InChI=1S/C16H18BrN3O3/c17-13-8-10-19-16(12-13)18-9-4-1-5-11-23-15-7-3-2-6-14(15)20(21)22/h2-3,6-8,10,12H,1,4-5,9,11H2,(H,18,19). The minimum Gasteiger partial charge on any atom is -0.487 e. The van der Waals surface area contributed by atoms with Gasteiger partial charge in [0, 0.05) is 23.3 Å². The molecule has 6 nitrogen and oxygen atoms in total. The third kappa shape index (κ3) is 5.86. The molecular weight excluding hydrogens is 362 g/mol. The Balaban J connectivity index is 1.62. The Labute approximate surface area is 143 Å². The van der Waals surface area contributed by atoms with Crippen LogP contribution in [0.4, 0.5) is 11.5 Å². The topological polar surface area (TPSA) is 77.3 Å². The van der Waals surface area contributed by atoms with Crippen LogP contribution in [-0.4, -0.2) is 23.1 Å². The minimum atomic E-state index is -0.426. The summed E-state index contributed by atoms with van der Waals surface area (Å²) in [7, 11) is 0. The predicted octanol–water partition coefficient (Wildman–Crippen LogP) is 4.41. The Morgan fingerprint density at radius 2 is 2.04 bits per heavy atom. The van der Waals surface area contributed by atoms with E-state index in [0.29, 0.717) is 12.4 Å². The molecule has 0 fully saturated rings. The van der Waals surface area contributed by atoms with Gasteiger partial charge < -0.3 is 10.1 Å². The summed E-state index contributed by atoms with van der Waals surface area (Å²) < 4.78 is 6.49. The fourth-order valence-corrected chi connectivity index (χ4v) is 2.37. The van der Waals surface area contributed by atoms with Crippen LogP contribution in [0.25, 0.3) is 0 Å². The second kappa shape index (κ2) is 9.09. The monoisotopic (exact) mass is 379 g/mol. The molecule has 2 rings (SSSR count). The van der Waals surface area contributed by atoms with E-state index in [9.17, 15) is 10.1 Å². The lowest BCUT2D eigenvalue weighted by molar-refractivity contribution is -0.385. The molecule has 0 aliphatic carbocycles. The van der Waals surface area contributed by atoms with Gasteiger partial charge in [0.1, 0.15) is 5.82 Å². The first-order chi connectivity index (χ1) is 11.2. The van der Waals surface area contributed by atoms with Crippen molar-refractivity contribution in [3.63, 3.8) is 0 Å². The summed E-state index contributed by atoms with van der Waals surface area (Å²) >= 11 is 3.40. The van der Waals surface area contributed by atoms with E-state index in [1.165, 1.54) is 6.07 Å². The Morgan fingerprint density at radius 3 is 2.83 bits per heavy atom. The number of nitro groups is 1. The van der Waals surface area contributed by atoms with Gasteiger partial charge >= 0.3 is 5.69 Å². The van der Waals surface area contributed by atoms with Crippen LogP contribution in [-0.2, 0) is 0 Å². The van der Waals surface area contributed by atoms with Gasteiger partial charge in [-0.05, 0) is 37.5 Å². The molecule has 0 bridgehead atoms. The maximum absolute atomic E-state index is 10.9. The van der Waals surface area contributed by atoms with Crippen molar-refractivity contribution in [1.29, 1.82) is 0 Å². The van der Waals surface area contributed by atoms with Crippen molar-refractivity contribution in [3.8, 4) is 5.75 Å². The minimum absolute atomic E-state index is 0.00916. The highest BCUT2D eigenvalue weighted by Gasteiger charge is 2.12.